The number of fused-ring (bicyclic) bond motifs is 30. The smallest absolute Gasteiger partial charge is 0.143 e. The Morgan fingerprint density at radius 2 is 0.597 bits per heavy atom. The van der Waals surface area contributed by atoms with Gasteiger partial charge in [-0.05, 0) is 204 Å². The van der Waals surface area contributed by atoms with Crippen LogP contribution < -0.4 is 0 Å². The van der Waals surface area contributed by atoms with Crippen molar-refractivity contribution in [1.82, 2.24) is 18.3 Å². The Hall–Kier alpha value is -15.6. The van der Waals surface area contributed by atoms with Crippen LogP contribution in [0.3, 0.4) is 0 Å². The van der Waals surface area contributed by atoms with Crippen LogP contribution in [0.25, 0.3) is 219 Å². The first-order valence-electron chi connectivity index (χ1n) is 45.0. The minimum atomic E-state index is -0.115. The van der Waals surface area contributed by atoms with Gasteiger partial charge in [-0.2, -0.15) is 0 Å². The monoisotopic (exact) mass is 1670 g/mol. The Labute approximate surface area is 751 Å². The van der Waals surface area contributed by atoms with Crippen LogP contribution in [0.15, 0.2) is 417 Å². The molecular formula is C123H86N4OS. The third-order valence-corrected chi connectivity index (χ3v) is 30.1. The molecule has 0 N–H and O–H groups in total. The summed E-state index contributed by atoms with van der Waals surface area (Å²) in [6.45, 7) is 14.3. The van der Waals surface area contributed by atoms with Crippen molar-refractivity contribution in [2.45, 2.75) is 57.8 Å². The summed E-state index contributed by atoms with van der Waals surface area (Å²) in [5, 5.41) is 15.5. The highest BCUT2D eigenvalue weighted by Gasteiger charge is 2.42. The number of para-hydroxylation sites is 6. The SMILES string of the molecule is CC1(C)c2ccccc2-c2ccc3c(c21)c1ccc(-c2ccccc2)cc1n3-c1ccc2c(c1)c1ccccc1n2-c1ccccc1.CC1(C)c2ccccc2-c2ccc3c(c21)c1ccccc1n3-c1ccc(-c2cccc3c2sc2ccccc23)cc1.CC1(C)c2ccccc2-c2ccc3c(c21)c1ccccc1n3-c1cccc(-c2cccc3c2oc2ccccc23)c1. The Morgan fingerprint density at radius 3 is 1.20 bits per heavy atom. The van der Waals surface area contributed by atoms with Gasteiger partial charge in [0.25, 0.3) is 0 Å². The molecule has 28 rings (SSSR count). The van der Waals surface area contributed by atoms with Gasteiger partial charge in [-0.3, -0.25) is 0 Å². The molecule has 5 nitrogen and oxygen atoms in total. The molecule has 0 aliphatic heterocycles. The molecule has 129 heavy (non-hydrogen) atoms. The van der Waals surface area contributed by atoms with Crippen LogP contribution in [0.4, 0.5) is 0 Å². The minimum Gasteiger partial charge on any atom is -0.455 e. The maximum absolute atomic E-state index is 6.41. The van der Waals surface area contributed by atoms with Crippen molar-refractivity contribution in [2.75, 3.05) is 0 Å². The normalized spacial score (nSPS) is 13.7. The van der Waals surface area contributed by atoms with Gasteiger partial charge >= 0.3 is 0 Å². The third kappa shape index (κ3) is 11.0. The van der Waals surface area contributed by atoms with Crippen LogP contribution in [-0.4, -0.2) is 18.3 Å². The van der Waals surface area contributed by atoms with E-state index in [1.165, 1.54) is 213 Å². The van der Waals surface area contributed by atoms with Crippen LogP contribution in [0.5, 0.6) is 0 Å². The predicted molar refractivity (Wildman–Crippen MR) is 546 cm³/mol. The van der Waals surface area contributed by atoms with Crippen molar-refractivity contribution in [3.8, 4) is 89.5 Å². The molecule has 0 fully saturated rings. The lowest BCUT2D eigenvalue weighted by atomic mass is 9.80. The second-order valence-electron chi connectivity index (χ2n) is 36.8. The summed E-state index contributed by atoms with van der Waals surface area (Å²) in [6.07, 6.45) is 0. The number of aromatic nitrogens is 4. The van der Waals surface area contributed by atoms with E-state index in [9.17, 15) is 0 Å². The van der Waals surface area contributed by atoms with Gasteiger partial charge in [0.05, 0.1) is 44.1 Å². The largest absolute Gasteiger partial charge is 0.455 e. The summed E-state index contributed by atoms with van der Waals surface area (Å²) in [7, 11) is 0. The number of furan rings is 1. The third-order valence-electron chi connectivity index (χ3n) is 28.9. The first-order chi connectivity index (χ1) is 63.3. The van der Waals surface area contributed by atoms with Crippen LogP contribution in [0.1, 0.15) is 74.9 Å². The zero-order valence-electron chi connectivity index (χ0n) is 72.4. The van der Waals surface area contributed by atoms with Gasteiger partial charge in [-0.25, -0.2) is 0 Å². The molecule has 0 radical (unpaired) electrons. The molecule has 0 saturated carbocycles. The van der Waals surface area contributed by atoms with E-state index in [-0.39, 0.29) is 16.2 Å². The molecule has 0 atom stereocenters. The summed E-state index contributed by atoms with van der Waals surface area (Å²) in [4.78, 5) is 0. The van der Waals surface area contributed by atoms with E-state index in [4.69, 9.17) is 4.42 Å². The molecule has 19 aromatic carbocycles. The van der Waals surface area contributed by atoms with Crippen LogP contribution in [-0.2, 0) is 16.2 Å². The quantitative estimate of drug-likeness (QED) is 0.157. The van der Waals surface area contributed by atoms with E-state index in [1.807, 2.05) is 23.5 Å². The Balaban J connectivity index is 0.000000102. The van der Waals surface area contributed by atoms with Crippen molar-refractivity contribution in [2.24, 2.45) is 0 Å². The lowest BCUT2D eigenvalue weighted by Crippen LogP contribution is -2.15. The molecule has 0 bridgehead atoms. The molecule has 0 amide bonds. The number of hydrogen-bond acceptors (Lipinski definition) is 2. The number of thiophene rings is 1. The van der Waals surface area contributed by atoms with Gasteiger partial charge < -0.3 is 22.7 Å². The van der Waals surface area contributed by atoms with Crippen molar-refractivity contribution < 1.29 is 4.42 Å². The minimum absolute atomic E-state index is 0.0623. The Morgan fingerprint density at radius 1 is 0.209 bits per heavy atom. The van der Waals surface area contributed by atoms with Crippen LogP contribution in [0, 0.1) is 0 Å². The van der Waals surface area contributed by atoms with Gasteiger partial charge in [-0.1, -0.05) is 345 Å². The summed E-state index contributed by atoms with van der Waals surface area (Å²) < 4.78 is 18.9. The number of nitrogens with zero attached hydrogens (tertiary/aromatic N) is 4. The van der Waals surface area contributed by atoms with E-state index in [0.29, 0.717) is 0 Å². The standard InChI is InChI=1S/C45H32N2.C39H27NO.C39H27NS/c1-45(2)38-19-11-9-17-33(38)35-24-26-41-43(44(35)45)36-23-21-30(29-13-5-3-6-14-29)27-42(36)47(41)32-22-25-40-37(28-32)34-18-10-12-20-39(34)46(40)31-15-7-4-8-16-31;1-39(2)32-18-6-3-13-27(32)29-21-22-34-36(37(29)39)31-15-4-7-19-33(31)40(34)25-12-9-11-24(23-25)26-16-10-17-30-28-14-5-8-20-35(28)41-38(26)30;1-39(2)32-15-6-3-10-27(32)29-22-23-34-36(37(29)39)31-12-4-7-16-33(31)40(34)25-20-18-24(19-21-25)26-13-9-14-30-28-11-5-8-17-35(28)41-38(26)30/h3-28H,1-2H3;2*3-23H,1-2H3. The maximum Gasteiger partial charge on any atom is 0.143 e. The van der Waals surface area contributed by atoms with Crippen molar-refractivity contribution in [1.29, 1.82) is 0 Å². The van der Waals surface area contributed by atoms with Crippen molar-refractivity contribution in [3.05, 3.63) is 446 Å². The highest BCUT2D eigenvalue weighted by Crippen LogP contribution is 2.58. The fourth-order valence-electron chi connectivity index (χ4n) is 23.2. The lowest BCUT2D eigenvalue weighted by Gasteiger charge is -2.22. The summed E-state index contributed by atoms with van der Waals surface area (Å²) in [5.74, 6) is 0. The highest BCUT2D eigenvalue weighted by atomic mass is 32.1. The number of hydrogen-bond donors (Lipinski definition) is 0. The number of rotatable bonds is 7. The predicted octanol–water partition coefficient (Wildman–Crippen LogP) is 33.6. The molecule has 6 aromatic heterocycles. The zero-order valence-corrected chi connectivity index (χ0v) is 73.2. The van der Waals surface area contributed by atoms with E-state index < -0.39 is 0 Å². The fraction of sp³-hybridized carbons (Fsp3) is 0.0732. The molecule has 25 aromatic rings. The van der Waals surface area contributed by atoms with Crippen LogP contribution in [0.2, 0.25) is 0 Å². The first kappa shape index (κ1) is 74.8. The molecule has 6 heterocycles. The maximum atomic E-state index is 6.41. The van der Waals surface area contributed by atoms with E-state index in [0.717, 1.165) is 38.8 Å². The average molecular weight is 1670 g/mol. The summed E-state index contributed by atoms with van der Waals surface area (Å²) in [5.41, 5.74) is 40.1. The van der Waals surface area contributed by atoms with Gasteiger partial charge in [0.1, 0.15) is 11.2 Å². The molecule has 0 spiro atoms. The Bertz CT molecular complexity index is 9020. The summed E-state index contributed by atoms with van der Waals surface area (Å²) >= 11 is 1.89. The van der Waals surface area contributed by atoms with Gasteiger partial charge in [0.15, 0.2) is 0 Å². The van der Waals surface area contributed by atoms with Gasteiger partial charge in [-0.15, -0.1) is 11.3 Å². The molecule has 3 aliphatic carbocycles. The second-order valence-corrected chi connectivity index (χ2v) is 37.9. The zero-order chi connectivity index (χ0) is 85.9. The van der Waals surface area contributed by atoms with Crippen molar-refractivity contribution >= 4 is 141 Å². The first-order valence-corrected chi connectivity index (χ1v) is 45.8. The van der Waals surface area contributed by atoms with Gasteiger partial charge in [0, 0.05) is 119 Å². The van der Waals surface area contributed by atoms with Crippen molar-refractivity contribution in [3.63, 3.8) is 0 Å². The molecule has 0 unspecified atom stereocenters. The molecule has 0 saturated heterocycles. The van der Waals surface area contributed by atoms with Gasteiger partial charge in [0.2, 0.25) is 0 Å². The molecule has 6 heteroatoms. The van der Waals surface area contributed by atoms with E-state index in [2.05, 4.69) is 460 Å². The second kappa shape index (κ2) is 28.2. The lowest BCUT2D eigenvalue weighted by molar-refractivity contribution is 0.666. The summed E-state index contributed by atoms with van der Waals surface area (Å²) in [6, 6.07) is 151. The molecule has 3 aliphatic rings. The molecular weight excluding hydrogens is 1580 g/mol. The topological polar surface area (TPSA) is 32.9 Å². The van der Waals surface area contributed by atoms with E-state index >= 15 is 0 Å². The molecule has 610 valence electrons. The van der Waals surface area contributed by atoms with E-state index in [1.54, 1.807) is 0 Å². The fourth-order valence-corrected chi connectivity index (χ4v) is 24.4. The highest BCUT2D eigenvalue weighted by molar-refractivity contribution is 7.26. The Kier molecular flexibility index (Phi) is 16.4. The number of benzene rings is 19. The average Bonchev–Trinajstić information content (AvgIpc) is 1.54. The van der Waals surface area contributed by atoms with Crippen LogP contribution >= 0.6 is 11.3 Å².